The third-order valence-corrected chi connectivity index (χ3v) is 6.98. The van der Waals surface area contributed by atoms with Crippen molar-refractivity contribution in [2.45, 2.75) is 32.7 Å². The highest BCUT2D eigenvalue weighted by molar-refractivity contribution is 6.46. The Bertz CT molecular complexity index is 1380. The number of aliphatic hydroxyl groups is 1. The van der Waals surface area contributed by atoms with E-state index in [1.54, 1.807) is 23.1 Å². The van der Waals surface area contributed by atoms with E-state index in [1.165, 1.54) is 0 Å². The van der Waals surface area contributed by atoms with Crippen molar-refractivity contribution in [3.63, 3.8) is 0 Å². The van der Waals surface area contributed by atoms with E-state index in [0.29, 0.717) is 67.1 Å². The van der Waals surface area contributed by atoms with Crippen molar-refractivity contribution < 1.29 is 28.9 Å². The summed E-state index contributed by atoms with van der Waals surface area (Å²) in [6.45, 7) is 5.99. The zero-order valence-corrected chi connectivity index (χ0v) is 22.3. The van der Waals surface area contributed by atoms with E-state index in [1.807, 2.05) is 54.6 Å². The summed E-state index contributed by atoms with van der Waals surface area (Å²) in [7, 11) is 0. The third-order valence-electron chi connectivity index (χ3n) is 6.98. The average Bonchev–Trinajstić information content (AvgIpc) is 3.21. The number of fused-ring (bicyclic) bond motifs is 1. The van der Waals surface area contributed by atoms with Gasteiger partial charge >= 0.3 is 0 Å². The minimum atomic E-state index is -0.768. The van der Waals surface area contributed by atoms with Gasteiger partial charge in [-0.2, -0.15) is 0 Å². The molecule has 202 valence electrons. The maximum Gasteiger partial charge on any atom is 0.295 e. The number of aliphatic hydroxyl groups excluding tert-OH is 1. The van der Waals surface area contributed by atoms with Crippen LogP contribution in [-0.2, 0) is 16.0 Å². The summed E-state index contributed by atoms with van der Waals surface area (Å²) < 4.78 is 17.3. The molecule has 39 heavy (non-hydrogen) atoms. The monoisotopic (exact) mass is 527 g/mol. The van der Waals surface area contributed by atoms with Gasteiger partial charge in [0.15, 0.2) is 11.5 Å². The van der Waals surface area contributed by atoms with E-state index in [2.05, 4.69) is 13.8 Å². The van der Waals surface area contributed by atoms with Crippen molar-refractivity contribution in [2.24, 2.45) is 5.92 Å². The van der Waals surface area contributed by atoms with Crippen LogP contribution in [0.4, 0.5) is 0 Å². The zero-order valence-electron chi connectivity index (χ0n) is 22.3. The van der Waals surface area contributed by atoms with Crippen LogP contribution in [0.25, 0.3) is 5.76 Å². The Morgan fingerprint density at radius 1 is 0.974 bits per heavy atom. The van der Waals surface area contributed by atoms with Crippen LogP contribution < -0.4 is 14.2 Å². The normalized spacial score (nSPS) is 18.0. The molecule has 3 aromatic rings. The average molecular weight is 528 g/mol. The summed E-state index contributed by atoms with van der Waals surface area (Å²) in [5, 5.41) is 11.5. The summed E-state index contributed by atoms with van der Waals surface area (Å²) in [4.78, 5) is 28.4. The summed E-state index contributed by atoms with van der Waals surface area (Å²) in [5.74, 6) is 0.617. The van der Waals surface area contributed by atoms with Gasteiger partial charge in [0, 0.05) is 12.1 Å². The standard InChI is InChI=1S/C32H33NO6/c1-21(2)14-16-37-25-10-6-9-23(19-25)29-28(30(34)24-11-12-26-27(20-24)39-18-17-38-26)31(35)32(36)33(29)15-13-22-7-4-3-5-8-22/h3-12,19-21,29,34H,13-18H2,1-2H3/b30-28-. The molecule has 0 radical (unpaired) electrons. The number of likely N-dealkylation sites (tertiary alicyclic amines) is 1. The maximum absolute atomic E-state index is 13.4. The number of amides is 1. The van der Waals surface area contributed by atoms with Gasteiger partial charge in [-0.1, -0.05) is 56.3 Å². The Kier molecular flexibility index (Phi) is 7.87. The van der Waals surface area contributed by atoms with Gasteiger partial charge < -0.3 is 24.2 Å². The molecule has 0 bridgehead atoms. The summed E-state index contributed by atoms with van der Waals surface area (Å²) in [6, 6.07) is 21.5. The molecule has 7 nitrogen and oxygen atoms in total. The van der Waals surface area contributed by atoms with Crippen LogP contribution in [-0.4, -0.2) is 48.1 Å². The van der Waals surface area contributed by atoms with Gasteiger partial charge in [-0.3, -0.25) is 9.59 Å². The molecule has 5 rings (SSSR count). The fraction of sp³-hybridized carbons (Fsp3) is 0.312. The lowest BCUT2D eigenvalue weighted by atomic mass is 9.95. The third kappa shape index (κ3) is 5.77. The molecule has 1 saturated heterocycles. The van der Waals surface area contributed by atoms with E-state index < -0.39 is 17.7 Å². The first-order chi connectivity index (χ1) is 18.9. The SMILES string of the molecule is CC(C)CCOc1cccc(C2/C(=C(/O)c3ccc4c(c3)OCCO4)C(=O)C(=O)N2CCc2ccccc2)c1. The fourth-order valence-corrected chi connectivity index (χ4v) is 4.88. The summed E-state index contributed by atoms with van der Waals surface area (Å²) in [5.41, 5.74) is 2.18. The van der Waals surface area contributed by atoms with Crippen molar-refractivity contribution >= 4 is 17.4 Å². The molecule has 0 saturated carbocycles. The Hall–Kier alpha value is -4.26. The Balaban J connectivity index is 1.54. The van der Waals surface area contributed by atoms with E-state index in [0.717, 1.165) is 12.0 Å². The number of hydrogen-bond acceptors (Lipinski definition) is 6. The molecule has 1 N–H and O–H groups in total. The highest BCUT2D eigenvalue weighted by atomic mass is 16.6. The molecule has 1 unspecified atom stereocenters. The van der Waals surface area contributed by atoms with Gasteiger partial charge in [0.1, 0.15) is 24.7 Å². The molecule has 1 fully saturated rings. The first kappa shape index (κ1) is 26.4. The topological polar surface area (TPSA) is 85.3 Å². The molecule has 2 aliphatic heterocycles. The molecule has 3 aromatic carbocycles. The number of carbonyl (C=O) groups is 2. The number of benzene rings is 3. The van der Waals surface area contributed by atoms with Crippen LogP contribution in [0, 0.1) is 5.92 Å². The van der Waals surface area contributed by atoms with Crippen molar-refractivity contribution in [3.8, 4) is 17.2 Å². The molecule has 0 aromatic heterocycles. The largest absolute Gasteiger partial charge is 0.507 e. The van der Waals surface area contributed by atoms with Gasteiger partial charge in [-0.15, -0.1) is 0 Å². The van der Waals surface area contributed by atoms with Crippen LogP contribution >= 0.6 is 0 Å². The van der Waals surface area contributed by atoms with Crippen LogP contribution in [0.3, 0.4) is 0 Å². The van der Waals surface area contributed by atoms with Crippen molar-refractivity contribution in [3.05, 3.63) is 95.1 Å². The second kappa shape index (κ2) is 11.6. The van der Waals surface area contributed by atoms with Crippen LogP contribution in [0.5, 0.6) is 17.2 Å². The van der Waals surface area contributed by atoms with Gasteiger partial charge in [-0.05, 0) is 60.2 Å². The van der Waals surface area contributed by atoms with Crippen LogP contribution in [0.2, 0.25) is 0 Å². The first-order valence-electron chi connectivity index (χ1n) is 13.4. The van der Waals surface area contributed by atoms with Crippen LogP contribution in [0.15, 0.2) is 78.4 Å². The minimum Gasteiger partial charge on any atom is -0.507 e. The summed E-state index contributed by atoms with van der Waals surface area (Å²) >= 11 is 0. The number of nitrogens with zero attached hydrogens (tertiary/aromatic N) is 1. The molecule has 7 heteroatoms. The fourth-order valence-electron chi connectivity index (χ4n) is 4.88. The number of ketones is 1. The number of rotatable bonds is 9. The molecule has 2 aliphatic rings. The van der Waals surface area contributed by atoms with Gasteiger partial charge in [0.2, 0.25) is 0 Å². The Morgan fingerprint density at radius 3 is 2.51 bits per heavy atom. The highest BCUT2D eigenvalue weighted by Crippen LogP contribution is 2.41. The molecular weight excluding hydrogens is 494 g/mol. The number of carbonyl (C=O) groups excluding carboxylic acids is 2. The smallest absolute Gasteiger partial charge is 0.295 e. The minimum absolute atomic E-state index is 0.0454. The van der Waals surface area contributed by atoms with Crippen molar-refractivity contribution in [1.82, 2.24) is 4.90 Å². The number of hydrogen-bond donors (Lipinski definition) is 1. The predicted octanol–water partition coefficient (Wildman–Crippen LogP) is 5.55. The lowest BCUT2D eigenvalue weighted by molar-refractivity contribution is -0.139. The van der Waals surface area contributed by atoms with Crippen molar-refractivity contribution in [1.29, 1.82) is 0 Å². The second-order valence-electron chi connectivity index (χ2n) is 10.2. The molecule has 0 aliphatic carbocycles. The van der Waals surface area contributed by atoms with Gasteiger partial charge in [0.05, 0.1) is 18.2 Å². The molecule has 2 heterocycles. The molecule has 1 amide bonds. The highest BCUT2D eigenvalue weighted by Gasteiger charge is 2.46. The predicted molar refractivity (Wildman–Crippen MR) is 148 cm³/mol. The van der Waals surface area contributed by atoms with E-state index >= 15 is 0 Å². The van der Waals surface area contributed by atoms with Gasteiger partial charge in [-0.25, -0.2) is 0 Å². The zero-order chi connectivity index (χ0) is 27.4. The van der Waals surface area contributed by atoms with E-state index in [-0.39, 0.29) is 11.3 Å². The number of ether oxygens (including phenoxy) is 3. The quantitative estimate of drug-likeness (QED) is 0.223. The van der Waals surface area contributed by atoms with Gasteiger partial charge in [0.25, 0.3) is 11.7 Å². The lowest BCUT2D eigenvalue weighted by Crippen LogP contribution is -2.31. The Labute approximate surface area is 228 Å². The number of Topliss-reactive ketones (excluding diaryl/α,β-unsaturated/α-hetero) is 1. The van der Waals surface area contributed by atoms with E-state index in [9.17, 15) is 14.7 Å². The molecular formula is C32H33NO6. The van der Waals surface area contributed by atoms with Crippen LogP contribution in [0.1, 0.15) is 43.0 Å². The van der Waals surface area contributed by atoms with Crippen molar-refractivity contribution in [2.75, 3.05) is 26.4 Å². The lowest BCUT2D eigenvalue weighted by Gasteiger charge is -2.26. The maximum atomic E-state index is 13.4. The molecule has 1 atom stereocenters. The Morgan fingerprint density at radius 2 is 1.74 bits per heavy atom. The van der Waals surface area contributed by atoms with E-state index in [4.69, 9.17) is 14.2 Å². The second-order valence-corrected chi connectivity index (χ2v) is 10.2. The molecule has 0 spiro atoms. The summed E-state index contributed by atoms with van der Waals surface area (Å²) in [6.07, 6.45) is 1.48. The first-order valence-corrected chi connectivity index (χ1v) is 13.4.